The summed E-state index contributed by atoms with van der Waals surface area (Å²) in [5, 5.41) is 19.9. The van der Waals surface area contributed by atoms with Gasteiger partial charge in [-0.25, -0.2) is 9.29 Å². The predicted octanol–water partition coefficient (Wildman–Crippen LogP) is 6.03. The first kappa shape index (κ1) is 32.2. The standard InChI is InChI=1S/C36H31Cl2FN2O7/c1-36-24(33(45)41(35(36)47)19-5-10-27(39)25(37)15-19)16-23-21(30(36)18-13-26(38)31(43)28(14-18)48-2)8-9-22-29(23)34(46)40(32(22)44)12-11-17-3-6-20(42)7-4-17/h3-8,10,13-15,22-24,29-30,42-43H,9,11-12,16H2,1-2H3/t22-,23+,24-,29-,30-,36+/m0/s1. The number of hydrogen-bond donors (Lipinski definition) is 2. The fraction of sp³-hybridized carbons (Fsp3) is 0.333. The van der Waals surface area contributed by atoms with Crippen LogP contribution in [0.15, 0.2) is 66.2 Å². The maximum absolute atomic E-state index is 14.6. The largest absolute Gasteiger partial charge is 0.508 e. The number of imide groups is 2. The van der Waals surface area contributed by atoms with Crippen molar-refractivity contribution in [2.45, 2.75) is 32.1 Å². The Labute approximate surface area is 285 Å². The molecule has 0 unspecified atom stereocenters. The minimum absolute atomic E-state index is 0.0209. The van der Waals surface area contributed by atoms with E-state index in [0.29, 0.717) is 12.0 Å². The zero-order chi connectivity index (χ0) is 34.2. The first-order valence-electron chi connectivity index (χ1n) is 15.6. The second-order valence-corrected chi connectivity index (χ2v) is 13.9. The number of amides is 4. The highest BCUT2D eigenvalue weighted by molar-refractivity contribution is 6.32. The van der Waals surface area contributed by atoms with E-state index in [9.17, 15) is 33.8 Å². The van der Waals surface area contributed by atoms with Gasteiger partial charge in [-0.15, -0.1) is 0 Å². The molecule has 1 saturated carbocycles. The molecule has 3 fully saturated rings. The number of halogens is 3. The summed E-state index contributed by atoms with van der Waals surface area (Å²) in [5.41, 5.74) is 0.820. The van der Waals surface area contributed by atoms with Gasteiger partial charge in [0, 0.05) is 12.5 Å². The van der Waals surface area contributed by atoms with Crippen molar-refractivity contribution in [3.63, 3.8) is 0 Å². The zero-order valence-corrected chi connectivity index (χ0v) is 27.5. The number of hydrogen-bond acceptors (Lipinski definition) is 7. The minimum atomic E-state index is -1.39. The van der Waals surface area contributed by atoms with Gasteiger partial charge < -0.3 is 14.9 Å². The van der Waals surface area contributed by atoms with Gasteiger partial charge in [0.25, 0.3) is 0 Å². The van der Waals surface area contributed by atoms with Crippen LogP contribution in [0.1, 0.15) is 36.8 Å². The highest BCUT2D eigenvalue weighted by atomic mass is 35.5. The summed E-state index contributed by atoms with van der Waals surface area (Å²) >= 11 is 12.5. The normalized spacial score (nSPS) is 27.9. The van der Waals surface area contributed by atoms with Crippen LogP contribution in [0.5, 0.6) is 17.2 Å². The molecule has 48 heavy (non-hydrogen) atoms. The van der Waals surface area contributed by atoms with E-state index in [1.54, 1.807) is 37.3 Å². The van der Waals surface area contributed by atoms with E-state index < -0.39 is 52.6 Å². The quantitative estimate of drug-likeness (QED) is 0.239. The Bertz CT molecular complexity index is 1930. The number of carbonyl (C=O) groups excluding carboxylic acids is 4. The summed E-state index contributed by atoms with van der Waals surface area (Å²) in [5.74, 6) is -6.12. The van der Waals surface area contributed by atoms with Crippen molar-refractivity contribution >= 4 is 52.5 Å². The maximum atomic E-state index is 14.6. The van der Waals surface area contributed by atoms with Crippen molar-refractivity contribution in [3.8, 4) is 17.2 Å². The number of phenolic OH excluding ortho intramolecular Hbond substituents is 2. The molecule has 7 rings (SSSR count). The lowest BCUT2D eigenvalue weighted by molar-refractivity contribution is -0.140. The number of ether oxygens (including phenoxy) is 1. The van der Waals surface area contributed by atoms with Gasteiger partial charge in [-0.1, -0.05) is 47.0 Å². The van der Waals surface area contributed by atoms with Crippen molar-refractivity contribution < 1.29 is 38.5 Å². The average Bonchev–Trinajstić information content (AvgIpc) is 3.42. The minimum Gasteiger partial charge on any atom is -0.508 e. The smallest absolute Gasteiger partial charge is 0.241 e. The molecule has 0 radical (unpaired) electrons. The van der Waals surface area contributed by atoms with E-state index >= 15 is 0 Å². The van der Waals surface area contributed by atoms with Crippen LogP contribution in [-0.4, -0.2) is 52.4 Å². The molecule has 4 amide bonds. The Balaban J connectivity index is 1.32. The van der Waals surface area contributed by atoms with E-state index in [1.807, 2.05) is 6.08 Å². The average molecular weight is 694 g/mol. The second kappa shape index (κ2) is 11.6. The molecule has 4 aliphatic rings. The molecule has 9 nitrogen and oxygen atoms in total. The van der Waals surface area contributed by atoms with Crippen LogP contribution >= 0.6 is 23.2 Å². The Hall–Kier alpha value is -4.41. The molecular weight excluding hydrogens is 662 g/mol. The molecule has 0 bridgehead atoms. The highest BCUT2D eigenvalue weighted by Gasteiger charge is 2.67. The van der Waals surface area contributed by atoms with Crippen LogP contribution in [-0.2, 0) is 25.6 Å². The van der Waals surface area contributed by atoms with E-state index in [2.05, 4.69) is 0 Å². The second-order valence-electron chi connectivity index (χ2n) is 13.1. The van der Waals surface area contributed by atoms with Crippen LogP contribution in [0.2, 0.25) is 10.0 Å². The van der Waals surface area contributed by atoms with Gasteiger partial charge in [-0.05, 0) is 85.7 Å². The van der Waals surface area contributed by atoms with Gasteiger partial charge in [0.05, 0.1) is 46.0 Å². The highest BCUT2D eigenvalue weighted by Crippen LogP contribution is 2.64. The molecule has 248 valence electrons. The summed E-state index contributed by atoms with van der Waals surface area (Å²) < 4.78 is 19.5. The summed E-state index contributed by atoms with van der Waals surface area (Å²) in [6.45, 7) is 1.86. The molecule has 3 aromatic rings. The zero-order valence-electron chi connectivity index (χ0n) is 26.0. The maximum Gasteiger partial charge on any atom is 0.241 e. The fourth-order valence-electron chi connectivity index (χ4n) is 8.37. The van der Waals surface area contributed by atoms with Crippen molar-refractivity contribution in [1.82, 2.24) is 4.90 Å². The molecule has 2 N–H and O–H groups in total. The fourth-order valence-corrected chi connectivity index (χ4v) is 8.76. The van der Waals surface area contributed by atoms with Crippen molar-refractivity contribution in [2.24, 2.45) is 29.1 Å². The summed E-state index contributed by atoms with van der Waals surface area (Å²) in [7, 11) is 1.37. The lowest BCUT2D eigenvalue weighted by Crippen LogP contribution is -2.48. The first-order valence-corrected chi connectivity index (χ1v) is 16.3. The topological polar surface area (TPSA) is 124 Å². The molecule has 2 saturated heterocycles. The number of allylic oxidation sites excluding steroid dienone is 2. The lowest BCUT2D eigenvalue weighted by atomic mass is 9.51. The third-order valence-electron chi connectivity index (χ3n) is 10.7. The number of aromatic hydroxyl groups is 2. The number of carbonyl (C=O) groups is 4. The van der Waals surface area contributed by atoms with E-state index in [0.717, 1.165) is 22.1 Å². The Kier molecular flexibility index (Phi) is 7.79. The predicted molar refractivity (Wildman–Crippen MR) is 174 cm³/mol. The van der Waals surface area contributed by atoms with E-state index in [4.69, 9.17) is 27.9 Å². The number of rotatable bonds is 6. The van der Waals surface area contributed by atoms with Crippen molar-refractivity contribution in [1.29, 1.82) is 0 Å². The van der Waals surface area contributed by atoms with E-state index in [-0.39, 0.29) is 64.2 Å². The first-order chi connectivity index (χ1) is 22.9. The lowest BCUT2D eigenvalue weighted by Gasteiger charge is -2.49. The molecule has 2 heterocycles. The molecule has 6 atom stereocenters. The van der Waals surface area contributed by atoms with Crippen LogP contribution in [0.25, 0.3) is 0 Å². The number of likely N-dealkylation sites (tertiary alicyclic amines) is 1. The van der Waals surface area contributed by atoms with Crippen LogP contribution in [0, 0.1) is 34.9 Å². The van der Waals surface area contributed by atoms with Gasteiger partial charge in [0.15, 0.2) is 11.5 Å². The van der Waals surface area contributed by atoms with E-state index in [1.165, 1.54) is 30.2 Å². The number of anilines is 1. The van der Waals surface area contributed by atoms with Gasteiger partial charge in [0.2, 0.25) is 23.6 Å². The van der Waals surface area contributed by atoms with Crippen LogP contribution < -0.4 is 9.64 Å². The third-order valence-corrected chi connectivity index (χ3v) is 11.3. The summed E-state index contributed by atoms with van der Waals surface area (Å²) in [6.07, 6.45) is 2.70. The SMILES string of the molecule is COc1cc([C@H]2C3=CC[C@@H]4C(=O)N(CCc5ccc(O)cc5)C(=O)[C@@H]4[C@@H]3C[C@H]3C(=O)N(c4ccc(F)c(Cl)c4)C(=O)[C@@]23C)cc(Cl)c1O. The van der Waals surface area contributed by atoms with Crippen molar-refractivity contribution in [3.05, 3.63) is 93.2 Å². The third kappa shape index (κ3) is 4.71. The summed E-state index contributed by atoms with van der Waals surface area (Å²) in [6, 6.07) is 13.3. The number of phenols is 2. The summed E-state index contributed by atoms with van der Waals surface area (Å²) in [4.78, 5) is 59.1. The van der Waals surface area contributed by atoms with Gasteiger partial charge >= 0.3 is 0 Å². The van der Waals surface area contributed by atoms with Crippen molar-refractivity contribution in [2.75, 3.05) is 18.6 Å². The van der Waals surface area contributed by atoms with Crippen LogP contribution in [0.3, 0.4) is 0 Å². The van der Waals surface area contributed by atoms with Crippen LogP contribution in [0.4, 0.5) is 10.1 Å². The molecule has 0 aromatic heterocycles. The number of nitrogens with zero attached hydrogens (tertiary/aromatic N) is 2. The Morgan fingerprint density at radius 3 is 2.35 bits per heavy atom. The number of fused-ring (bicyclic) bond motifs is 4. The molecular formula is C36H31Cl2FN2O7. The number of methoxy groups -OCH3 is 1. The number of benzene rings is 3. The molecule has 3 aromatic carbocycles. The monoisotopic (exact) mass is 692 g/mol. The Morgan fingerprint density at radius 1 is 0.938 bits per heavy atom. The molecule has 0 spiro atoms. The molecule has 12 heteroatoms. The van der Waals surface area contributed by atoms with Gasteiger partial charge in [-0.2, -0.15) is 0 Å². The van der Waals surface area contributed by atoms with Gasteiger partial charge in [0.1, 0.15) is 11.6 Å². The Morgan fingerprint density at radius 2 is 1.67 bits per heavy atom. The van der Waals surface area contributed by atoms with Gasteiger partial charge in [-0.3, -0.25) is 24.1 Å². The molecule has 2 aliphatic heterocycles. The molecule has 2 aliphatic carbocycles.